The quantitative estimate of drug-likeness (QED) is 0.649. The zero-order valence-corrected chi connectivity index (χ0v) is 15.3. The maximum atomic E-state index is 12.2. The summed E-state index contributed by atoms with van der Waals surface area (Å²) in [6.07, 6.45) is 2.88. The minimum Gasteiger partial charge on any atom is -0.296 e. The number of aromatic nitrogens is 2. The van der Waals surface area contributed by atoms with Crippen molar-refractivity contribution in [2.45, 2.75) is 19.3 Å². The van der Waals surface area contributed by atoms with Crippen molar-refractivity contribution in [2.24, 2.45) is 0 Å². The second kappa shape index (κ2) is 8.17. The summed E-state index contributed by atoms with van der Waals surface area (Å²) in [5.74, 6) is -0.186. The van der Waals surface area contributed by atoms with E-state index in [-0.39, 0.29) is 5.91 Å². The maximum absolute atomic E-state index is 12.2. The van der Waals surface area contributed by atoms with Crippen molar-refractivity contribution in [3.8, 4) is 0 Å². The average molecular weight is 402 g/mol. The molecule has 0 aliphatic carbocycles. The van der Waals surface area contributed by atoms with Crippen LogP contribution in [0.15, 0.2) is 59.1 Å². The Morgan fingerprint density at radius 2 is 1.75 bits per heavy atom. The molecule has 4 nitrogen and oxygen atoms in total. The monoisotopic (exact) mass is 401 g/mol. The van der Waals surface area contributed by atoms with Crippen LogP contribution in [0.25, 0.3) is 0 Å². The van der Waals surface area contributed by atoms with Crippen molar-refractivity contribution in [1.82, 2.24) is 10.2 Å². The van der Waals surface area contributed by atoms with Crippen LogP contribution >= 0.6 is 27.3 Å². The summed E-state index contributed by atoms with van der Waals surface area (Å²) in [5, 5.41) is 12.5. The van der Waals surface area contributed by atoms with Crippen molar-refractivity contribution in [1.29, 1.82) is 0 Å². The number of hydrogen-bond donors (Lipinski definition) is 1. The summed E-state index contributed by atoms with van der Waals surface area (Å²) in [4.78, 5) is 12.2. The van der Waals surface area contributed by atoms with Crippen molar-refractivity contribution in [3.63, 3.8) is 0 Å². The number of anilines is 1. The number of rotatable bonds is 6. The highest BCUT2D eigenvalue weighted by Gasteiger charge is 2.12. The molecule has 24 heavy (non-hydrogen) atoms. The van der Waals surface area contributed by atoms with Crippen LogP contribution in [0.1, 0.15) is 27.3 Å². The molecule has 6 heteroatoms. The largest absolute Gasteiger partial charge is 0.296 e. The first kappa shape index (κ1) is 16.8. The first-order chi connectivity index (χ1) is 11.7. The van der Waals surface area contributed by atoms with E-state index in [1.165, 1.54) is 16.9 Å². The van der Waals surface area contributed by atoms with Crippen LogP contribution in [-0.2, 0) is 12.8 Å². The minimum absolute atomic E-state index is 0.186. The Morgan fingerprint density at radius 1 is 1.00 bits per heavy atom. The lowest BCUT2D eigenvalue weighted by molar-refractivity contribution is 0.102. The number of benzene rings is 2. The highest BCUT2D eigenvalue weighted by molar-refractivity contribution is 9.10. The molecule has 122 valence electrons. The van der Waals surface area contributed by atoms with Crippen molar-refractivity contribution < 1.29 is 4.79 Å². The topological polar surface area (TPSA) is 54.9 Å². The van der Waals surface area contributed by atoms with Crippen LogP contribution in [0, 0.1) is 0 Å². The van der Waals surface area contributed by atoms with Gasteiger partial charge in [0.2, 0.25) is 5.13 Å². The van der Waals surface area contributed by atoms with Gasteiger partial charge >= 0.3 is 0 Å². The highest BCUT2D eigenvalue weighted by atomic mass is 79.9. The van der Waals surface area contributed by atoms with Gasteiger partial charge in [0, 0.05) is 10.9 Å². The molecule has 0 saturated heterocycles. The van der Waals surface area contributed by atoms with Crippen molar-refractivity contribution >= 4 is 38.3 Å². The molecule has 0 aliphatic rings. The van der Waals surface area contributed by atoms with Crippen molar-refractivity contribution in [2.75, 3.05) is 5.32 Å². The van der Waals surface area contributed by atoms with E-state index in [9.17, 15) is 4.79 Å². The summed E-state index contributed by atoms with van der Waals surface area (Å²) < 4.78 is 0.759. The maximum Gasteiger partial charge on any atom is 0.258 e. The van der Waals surface area contributed by atoms with E-state index in [1.807, 2.05) is 24.3 Å². The third kappa shape index (κ3) is 4.49. The lowest BCUT2D eigenvalue weighted by atomic mass is 10.1. The number of nitrogens with one attached hydrogen (secondary N) is 1. The van der Waals surface area contributed by atoms with Gasteiger partial charge in [-0.25, -0.2) is 0 Å². The molecule has 0 atom stereocenters. The van der Waals surface area contributed by atoms with Gasteiger partial charge in [-0.3, -0.25) is 10.1 Å². The second-order valence-electron chi connectivity index (χ2n) is 5.27. The van der Waals surface area contributed by atoms with Crippen LogP contribution in [0.5, 0.6) is 0 Å². The Kier molecular flexibility index (Phi) is 5.72. The number of carbonyl (C=O) groups is 1. The highest BCUT2D eigenvalue weighted by Crippen LogP contribution is 2.21. The first-order valence-electron chi connectivity index (χ1n) is 7.64. The number of aryl methyl sites for hydroxylation is 2. The molecule has 1 heterocycles. The van der Waals surface area contributed by atoms with Gasteiger partial charge in [0.05, 0.1) is 5.56 Å². The van der Waals surface area contributed by atoms with Gasteiger partial charge in [-0.15, -0.1) is 10.2 Å². The fourth-order valence-electron chi connectivity index (χ4n) is 2.30. The summed E-state index contributed by atoms with van der Waals surface area (Å²) in [6.45, 7) is 0. The molecule has 0 bridgehead atoms. The Hall–Kier alpha value is -2.05. The molecule has 0 saturated carbocycles. The van der Waals surface area contributed by atoms with E-state index in [4.69, 9.17) is 0 Å². The summed E-state index contributed by atoms with van der Waals surface area (Å²) in [6, 6.07) is 17.7. The van der Waals surface area contributed by atoms with Gasteiger partial charge in [-0.05, 0) is 46.5 Å². The molecule has 0 spiro atoms. The van der Waals surface area contributed by atoms with Crippen LogP contribution in [0.3, 0.4) is 0 Å². The average Bonchev–Trinajstić information content (AvgIpc) is 3.03. The third-order valence-corrected chi connectivity index (χ3v) is 5.09. The summed E-state index contributed by atoms with van der Waals surface area (Å²) in [7, 11) is 0. The van der Waals surface area contributed by atoms with Crippen LogP contribution in [-0.4, -0.2) is 16.1 Å². The molecular formula is C18H16BrN3OS. The lowest BCUT2D eigenvalue weighted by Gasteiger charge is -2.02. The zero-order valence-electron chi connectivity index (χ0n) is 12.9. The van der Waals surface area contributed by atoms with Crippen LogP contribution in [0.4, 0.5) is 5.13 Å². The molecule has 0 fully saturated rings. The van der Waals surface area contributed by atoms with E-state index in [1.54, 1.807) is 6.07 Å². The van der Waals surface area contributed by atoms with Gasteiger partial charge in [-0.1, -0.05) is 53.8 Å². The predicted octanol–water partition coefficient (Wildman–Crippen LogP) is 4.73. The van der Waals surface area contributed by atoms with Gasteiger partial charge < -0.3 is 0 Å². The molecule has 1 amide bonds. The Bertz CT molecular complexity index is 820. The Morgan fingerprint density at radius 3 is 2.54 bits per heavy atom. The Balaban J connectivity index is 1.54. The van der Waals surface area contributed by atoms with Crippen molar-refractivity contribution in [3.05, 3.63) is 75.2 Å². The lowest BCUT2D eigenvalue weighted by Crippen LogP contribution is -2.12. The zero-order chi connectivity index (χ0) is 16.8. The molecular weight excluding hydrogens is 386 g/mol. The number of carbonyl (C=O) groups excluding carboxylic acids is 1. The predicted molar refractivity (Wildman–Crippen MR) is 100 cm³/mol. The number of amides is 1. The van der Waals surface area contributed by atoms with E-state index >= 15 is 0 Å². The fraction of sp³-hybridized carbons (Fsp3) is 0.167. The van der Waals surface area contributed by atoms with E-state index < -0.39 is 0 Å². The molecule has 3 rings (SSSR count). The standard InChI is InChI=1S/C18H16BrN3OS/c19-15-11-5-4-10-14(15)17(23)20-18-22-21-16(24-18)12-6-9-13-7-2-1-3-8-13/h1-5,7-8,10-11H,6,9,12H2,(H,20,22,23). The number of halogens is 1. The number of hydrogen-bond acceptors (Lipinski definition) is 4. The normalized spacial score (nSPS) is 10.5. The van der Waals surface area contributed by atoms with Gasteiger partial charge in [0.15, 0.2) is 0 Å². The van der Waals surface area contributed by atoms with E-state index in [0.717, 1.165) is 28.7 Å². The van der Waals surface area contributed by atoms with E-state index in [2.05, 4.69) is 55.7 Å². The van der Waals surface area contributed by atoms with Gasteiger partial charge in [-0.2, -0.15) is 0 Å². The minimum atomic E-state index is -0.186. The fourth-order valence-corrected chi connectivity index (χ4v) is 3.54. The molecule has 0 aliphatic heterocycles. The van der Waals surface area contributed by atoms with Gasteiger partial charge in [0.25, 0.3) is 5.91 Å². The molecule has 1 N–H and O–H groups in total. The molecule has 1 aromatic heterocycles. The third-order valence-electron chi connectivity index (χ3n) is 3.50. The second-order valence-corrected chi connectivity index (χ2v) is 7.19. The summed E-state index contributed by atoms with van der Waals surface area (Å²) in [5.41, 5.74) is 1.91. The first-order valence-corrected chi connectivity index (χ1v) is 9.25. The van der Waals surface area contributed by atoms with E-state index in [0.29, 0.717) is 10.7 Å². The SMILES string of the molecule is O=C(Nc1nnc(CCCc2ccccc2)s1)c1ccccc1Br. The smallest absolute Gasteiger partial charge is 0.258 e. The summed E-state index contributed by atoms with van der Waals surface area (Å²) >= 11 is 4.81. The molecule has 2 aromatic carbocycles. The van der Waals surface area contributed by atoms with Crippen LogP contribution < -0.4 is 5.32 Å². The molecule has 0 radical (unpaired) electrons. The molecule has 0 unspecified atom stereocenters. The Labute approximate surface area is 153 Å². The molecule has 3 aromatic rings. The van der Waals surface area contributed by atoms with Crippen LogP contribution in [0.2, 0.25) is 0 Å². The van der Waals surface area contributed by atoms with Gasteiger partial charge in [0.1, 0.15) is 5.01 Å². The number of nitrogens with zero attached hydrogens (tertiary/aromatic N) is 2.